The van der Waals surface area contributed by atoms with Crippen LogP contribution >= 0.6 is 0 Å². The molecule has 10 N–H and O–H groups in total. The molecule has 10 atom stereocenters. The molecule has 7 rings (SSSR count). The number of carboxylic acid groups (broad SMARTS) is 1. The summed E-state index contributed by atoms with van der Waals surface area (Å²) in [6.07, 6.45) is 20.8. The summed E-state index contributed by atoms with van der Waals surface area (Å²) < 4.78 is 0. The number of aliphatic hydroxyl groups excluding tert-OH is 2. The van der Waals surface area contributed by atoms with Crippen molar-refractivity contribution < 1.29 is 35.4 Å². The second-order valence-electron chi connectivity index (χ2n) is 19.2. The molecule has 1 aromatic heterocycles. The lowest BCUT2D eigenvalue weighted by Crippen LogP contribution is -2.50. The van der Waals surface area contributed by atoms with Gasteiger partial charge in [0.2, 0.25) is 0 Å². The van der Waals surface area contributed by atoms with Crippen molar-refractivity contribution >= 4 is 5.97 Å². The quantitative estimate of drug-likeness (QED) is 0.0395. The predicted octanol–water partition coefficient (Wildman–Crippen LogP) is 8.88. The van der Waals surface area contributed by atoms with Crippen LogP contribution < -0.4 is 11.1 Å². The third-order valence-corrected chi connectivity index (χ3v) is 15.0. The van der Waals surface area contributed by atoms with E-state index >= 15 is 0 Å². The molecule has 336 valence electrons. The van der Waals surface area contributed by atoms with Gasteiger partial charge in [0.25, 0.3) is 0 Å². The molecule has 0 saturated heterocycles. The number of aliphatic carboxylic acids is 1. The Morgan fingerprint density at radius 2 is 1.76 bits per heavy atom. The first kappa shape index (κ1) is 45.5. The maximum atomic E-state index is 13.0. The Morgan fingerprint density at radius 3 is 2.52 bits per heavy atom. The van der Waals surface area contributed by atoms with Gasteiger partial charge in [-0.1, -0.05) is 94.0 Å². The number of nitrogens with two attached hydrogens (primary N) is 1. The van der Waals surface area contributed by atoms with Crippen LogP contribution in [0.2, 0.25) is 0 Å². The van der Waals surface area contributed by atoms with E-state index in [1.807, 2.05) is 48.5 Å². The van der Waals surface area contributed by atoms with Gasteiger partial charge in [0, 0.05) is 47.5 Å². The summed E-state index contributed by atoms with van der Waals surface area (Å²) in [5.41, 5.74) is 10.3. The predicted molar refractivity (Wildman–Crippen MR) is 244 cm³/mol. The molecule has 3 aliphatic carbocycles. The molecule has 2 fully saturated rings. The van der Waals surface area contributed by atoms with Crippen molar-refractivity contribution in [3.8, 4) is 22.8 Å². The molecule has 4 aliphatic rings. The summed E-state index contributed by atoms with van der Waals surface area (Å²) >= 11 is 0. The molecule has 62 heavy (non-hydrogen) atoms. The van der Waals surface area contributed by atoms with Crippen molar-refractivity contribution in [1.82, 2.24) is 10.3 Å². The number of aromatic amines is 1. The normalized spacial score (nSPS) is 28.1. The highest BCUT2D eigenvalue weighted by molar-refractivity contribution is 5.71. The molecular weight excluding hydrogens is 779 g/mol. The number of H-pyrrole nitrogens is 1. The van der Waals surface area contributed by atoms with Gasteiger partial charge >= 0.3 is 5.97 Å². The smallest absolute Gasteiger partial charge is 0.309 e. The standard InChI is InChI=1S/C52H71N3O7/c1-2-3-6-11-34-16-17-36(47(57)26-34)14-9-5-10-15-42(51(60)61)50(59)37-18-20-45-38(24-35-22-23-54-49(53)27-35)28-39(52(45,62)32-37)29-40-19-21-46(55-40)43-30-41(56)31-48(58)44(43)25-33-12-7-4-8-13-33/h4,7-8,12-13,16-17,19,21-22,27,30-31,34,36-39,42,45,47,50,54-59,62H,2-3,5-6,9-11,14-15,18,20,23-26,28-29,32,53H2,1H3,(H,60,61). The van der Waals surface area contributed by atoms with Crippen LogP contribution in [0.15, 0.2) is 90.3 Å². The first-order valence-corrected chi connectivity index (χ1v) is 23.6. The van der Waals surface area contributed by atoms with E-state index in [1.54, 1.807) is 6.07 Å². The van der Waals surface area contributed by atoms with Crippen LogP contribution in [-0.2, 0) is 17.6 Å². The van der Waals surface area contributed by atoms with E-state index in [9.17, 15) is 35.4 Å². The first-order valence-electron chi connectivity index (χ1n) is 23.6. The van der Waals surface area contributed by atoms with Gasteiger partial charge in [-0.25, -0.2) is 0 Å². The Morgan fingerprint density at radius 1 is 0.952 bits per heavy atom. The zero-order valence-electron chi connectivity index (χ0n) is 36.6. The lowest BCUT2D eigenvalue weighted by atomic mass is 9.64. The van der Waals surface area contributed by atoms with Crippen molar-refractivity contribution in [3.05, 3.63) is 107 Å². The molecule has 0 radical (unpaired) electrons. The number of unbranched alkanes of at least 4 members (excludes halogenated alkanes) is 4. The molecule has 3 aromatic rings. The highest BCUT2D eigenvalue weighted by atomic mass is 16.4. The number of hydrogen-bond acceptors (Lipinski definition) is 8. The minimum Gasteiger partial charge on any atom is -0.508 e. The van der Waals surface area contributed by atoms with Gasteiger partial charge in [-0.05, 0) is 129 Å². The van der Waals surface area contributed by atoms with Crippen molar-refractivity contribution in [2.75, 3.05) is 6.54 Å². The number of aromatic hydroxyl groups is 2. The minimum atomic E-state index is -1.11. The van der Waals surface area contributed by atoms with E-state index in [2.05, 4.69) is 35.5 Å². The number of dihydropyridines is 1. The summed E-state index contributed by atoms with van der Waals surface area (Å²) in [6.45, 7) is 2.87. The fourth-order valence-electron chi connectivity index (χ4n) is 11.7. The zero-order chi connectivity index (χ0) is 43.8. The highest BCUT2D eigenvalue weighted by Crippen LogP contribution is 2.57. The van der Waals surface area contributed by atoms with Crippen molar-refractivity contribution in [1.29, 1.82) is 0 Å². The zero-order valence-corrected chi connectivity index (χ0v) is 36.6. The Balaban J connectivity index is 1.02. The van der Waals surface area contributed by atoms with Gasteiger partial charge in [0.05, 0.1) is 29.5 Å². The van der Waals surface area contributed by atoms with E-state index < -0.39 is 23.6 Å². The van der Waals surface area contributed by atoms with Gasteiger partial charge in [0.1, 0.15) is 11.5 Å². The molecule has 1 aliphatic heterocycles. The van der Waals surface area contributed by atoms with Gasteiger partial charge in [-0.15, -0.1) is 0 Å². The molecule has 10 nitrogen and oxygen atoms in total. The molecule has 10 unspecified atom stereocenters. The largest absolute Gasteiger partial charge is 0.508 e. The van der Waals surface area contributed by atoms with Crippen LogP contribution in [0.25, 0.3) is 11.3 Å². The topological polar surface area (TPSA) is 192 Å². The van der Waals surface area contributed by atoms with E-state index in [0.29, 0.717) is 74.4 Å². The Labute approximate surface area is 368 Å². The molecule has 10 heteroatoms. The summed E-state index contributed by atoms with van der Waals surface area (Å²) in [6, 6.07) is 16.9. The minimum absolute atomic E-state index is 0.0182. The molecule has 2 aromatic carbocycles. The number of nitrogens with one attached hydrogen (secondary N) is 2. The second kappa shape index (κ2) is 20.8. The fourth-order valence-corrected chi connectivity index (χ4v) is 11.7. The summed E-state index contributed by atoms with van der Waals surface area (Å²) in [7, 11) is 0. The number of phenols is 2. The van der Waals surface area contributed by atoms with Gasteiger partial charge in [-0.3, -0.25) is 4.79 Å². The molecular formula is C52H71N3O7. The number of aliphatic hydroxyl groups is 3. The second-order valence-corrected chi connectivity index (χ2v) is 19.2. The lowest BCUT2D eigenvalue weighted by molar-refractivity contribution is -0.152. The van der Waals surface area contributed by atoms with Crippen molar-refractivity contribution in [3.63, 3.8) is 0 Å². The number of carbonyl (C=O) groups is 1. The van der Waals surface area contributed by atoms with Crippen molar-refractivity contribution in [2.45, 2.75) is 134 Å². The average molecular weight is 850 g/mol. The third-order valence-electron chi connectivity index (χ3n) is 15.0. The number of hydrogen-bond donors (Lipinski definition) is 9. The van der Waals surface area contributed by atoms with Crippen LogP contribution in [0, 0.1) is 41.4 Å². The third kappa shape index (κ3) is 11.0. The molecule has 0 spiro atoms. The number of aromatic nitrogens is 1. The van der Waals surface area contributed by atoms with Crippen LogP contribution in [0.4, 0.5) is 0 Å². The molecule has 2 saturated carbocycles. The van der Waals surface area contributed by atoms with Crippen molar-refractivity contribution in [2.24, 2.45) is 47.2 Å². The van der Waals surface area contributed by atoms with Crippen LogP contribution in [0.5, 0.6) is 11.5 Å². The molecule has 2 heterocycles. The maximum absolute atomic E-state index is 13.0. The van der Waals surface area contributed by atoms with E-state index in [-0.39, 0.29) is 47.2 Å². The van der Waals surface area contributed by atoms with Crippen LogP contribution in [0.1, 0.15) is 120 Å². The monoisotopic (exact) mass is 850 g/mol. The van der Waals surface area contributed by atoms with E-state index in [0.717, 1.165) is 67.5 Å². The van der Waals surface area contributed by atoms with E-state index in [4.69, 9.17) is 5.73 Å². The highest BCUT2D eigenvalue weighted by Gasteiger charge is 2.57. The fraction of sp³-hybridized carbons (Fsp3) is 0.558. The van der Waals surface area contributed by atoms with Gasteiger partial charge in [0.15, 0.2) is 0 Å². The number of carboxylic acids is 1. The summed E-state index contributed by atoms with van der Waals surface area (Å²) in [5, 5.41) is 70.7. The molecule has 0 bridgehead atoms. The number of rotatable bonds is 20. The Kier molecular flexibility index (Phi) is 15.3. The van der Waals surface area contributed by atoms with Crippen LogP contribution in [-0.4, -0.2) is 65.9 Å². The SMILES string of the molecule is CCCCCC1C=CC(CCCCCC(C(=O)O)C(O)C2CCC3C(CC4=CCNC(N)=C4)CC(Cc4ccc(-c5cc(O)cc(O)c5Cc5ccccc5)[nH]4)C3(O)C2)C(O)C1. The Bertz CT molecular complexity index is 2040. The van der Waals surface area contributed by atoms with Crippen LogP contribution in [0.3, 0.4) is 0 Å². The number of allylic oxidation sites excluding steroid dienone is 3. The summed E-state index contributed by atoms with van der Waals surface area (Å²) in [5.74, 6) is -1.01. The number of fused-ring (bicyclic) bond motifs is 1. The maximum Gasteiger partial charge on any atom is 0.309 e. The van der Waals surface area contributed by atoms with Gasteiger partial charge < -0.3 is 46.7 Å². The summed E-state index contributed by atoms with van der Waals surface area (Å²) in [4.78, 5) is 16.3. The molecule has 0 amide bonds. The first-order chi connectivity index (χ1) is 29.9. The lowest BCUT2D eigenvalue weighted by Gasteiger charge is -2.45. The average Bonchev–Trinajstić information content (AvgIpc) is 3.82. The number of benzene rings is 2. The Hall–Kier alpha value is -4.51. The number of phenolic OH excluding ortho intramolecular Hbond substituents is 2. The van der Waals surface area contributed by atoms with E-state index in [1.165, 1.54) is 25.3 Å². The van der Waals surface area contributed by atoms with Gasteiger partial charge in [-0.2, -0.15) is 0 Å².